The topological polar surface area (TPSA) is 45.2 Å². The van der Waals surface area contributed by atoms with E-state index in [0.717, 1.165) is 37.4 Å². The monoisotopic (exact) mass is 261 g/mol. The Labute approximate surface area is 115 Å². The number of amides is 1. The molecule has 1 aromatic rings. The van der Waals surface area contributed by atoms with Gasteiger partial charge in [-0.25, -0.2) is 4.98 Å². The van der Waals surface area contributed by atoms with Gasteiger partial charge in [0, 0.05) is 19.5 Å². The highest BCUT2D eigenvalue weighted by atomic mass is 16.2. The number of hydrogen-bond acceptors (Lipinski definition) is 3. The molecular weight excluding hydrogens is 238 g/mol. The van der Waals surface area contributed by atoms with Gasteiger partial charge in [0.25, 0.3) is 0 Å². The van der Waals surface area contributed by atoms with Gasteiger partial charge in [-0.1, -0.05) is 18.9 Å². The molecule has 0 aromatic carbocycles. The van der Waals surface area contributed by atoms with Crippen molar-refractivity contribution in [3.63, 3.8) is 0 Å². The summed E-state index contributed by atoms with van der Waals surface area (Å²) in [5.41, 5.74) is 0.965. The molecule has 0 radical (unpaired) electrons. The third kappa shape index (κ3) is 4.23. The SMILES string of the molecule is CCNc1cccc(CN2CCCCCCC2=O)n1. The van der Waals surface area contributed by atoms with Crippen molar-refractivity contribution in [3.8, 4) is 0 Å². The van der Waals surface area contributed by atoms with Gasteiger partial charge >= 0.3 is 0 Å². The number of aromatic nitrogens is 1. The first-order chi connectivity index (χ1) is 9.29. The minimum atomic E-state index is 0.273. The van der Waals surface area contributed by atoms with Gasteiger partial charge in [0.1, 0.15) is 5.82 Å². The number of hydrogen-bond donors (Lipinski definition) is 1. The maximum Gasteiger partial charge on any atom is 0.222 e. The Hall–Kier alpha value is -1.58. The lowest BCUT2D eigenvalue weighted by Crippen LogP contribution is -2.32. The molecule has 0 spiro atoms. The van der Waals surface area contributed by atoms with Crippen molar-refractivity contribution in [2.45, 2.75) is 45.6 Å². The predicted octanol–water partition coefficient (Wildman–Crippen LogP) is 2.81. The predicted molar refractivity (Wildman–Crippen MR) is 76.9 cm³/mol. The lowest BCUT2D eigenvalue weighted by atomic mass is 10.1. The molecule has 1 amide bonds. The highest BCUT2D eigenvalue weighted by Gasteiger charge is 2.16. The number of carbonyl (C=O) groups is 1. The molecule has 0 atom stereocenters. The summed E-state index contributed by atoms with van der Waals surface area (Å²) in [5, 5.41) is 3.20. The summed E-state index contributed by atoms with van der Waals surface area (Å²) < 4.78 is 0. The van der Waals surface area contributed by atoms with Crippen LogP contribution in [0.15, 0.2) is 18.2 Å². The van der Waals surface area contributed by atoms with Gasteiger partial charge in [-0.05, 0) is 31.9 Å². The molecule has 2 rings (SSSR count). The number of pyridine rings is 1. The third-order valence-electron chi connectivity index (χ3n) is 3.44. The van der Waals surface area contributed by atoms with Gasteiger partial charge in [-0.15, -0.1) is 0 Å². The van der Waals surface area contributed by atoms with Crippen LogP contribution in [-0.4, -0.2) is 28.9 Å². The Morgan fingerprint density at radius 1 is 1.26 bits per heavy atom. The van der Waals surface area contributed by atoms with E-state index in [9.17, 15) is 4.79 Å². The molecule has 4 nitrogen and oxygen atoms in total. The second kappa shape index (κ2) is 7.12. The lowest BCUT2D eigenvalue weighted by Gasteiger charge is -2.24. The van der Waals surface area contributed by atoms with Gasteiger partial charge < -0.3 is 10.2 Å². The summed E-state index contributed by atoms with van der Waals surface area (Å²) in [6.45, 7) is 4.42. The highest BCUT2D eigenvalue weighted by Crippen LogP contribution is 2.14. The van der Waals surface area contributed by atoms with Crippen molar-refractivity contribution in [2.24, 2.45) is 0 Å². The van der Waals surface area contributed by atoms with Gasteiger partial charge in [0.2, 0.25) is 5.91 Å². The van der Waals surface area contributed by atoms with Crippen LogP contribution in [0.4, 0.5) is 5.82 Å². The molecule has 1 fully saturated rings. The van der Waals surface area contributed by atoms with E-state index in [1.807, 2.05) is 23.1 Å². The molecule has 104 valence electrons. The maximum absolute atomic E-state index is 12.1. The Kier molecular flexibility index (Phi) is 5.19. The molecule has 4 heteroatoms. The summed E-state index contributed by atoms with van der Waals surface area (Å²) in [7, 11) is 0. The summed E-state index contributed by atoms with van der Waals surface area (Å²) >= 11 is 0. The smallest absolute Gasteiger partial charge is 0.222 e. The molecule has 0 aliphatic carbocycles. The van der Waals surface area contributed by atoms with Crippen LogP contribution in [0.1, 0.15) is 44.7 Å². The van der Waals surface area contributed by atoms with Crippen LogP contribution < -0.4 is 5.32 Å². The average Bonchev–Trinajstić information content (AvgIpc) is 2.39. The second-order valence-corrected chi connectivity index (χ2v) is 5.02. The zero-order chi connectivity index (χ0) is 13.5. The molecular formula is C15H23N3O. The summed E-state index contributed by atoms with van der Waals surface area (Å²) in [6, 6.07) is 5.95. The van der Waals surface area contributed by atoms with Crippen LogP contribution in [0, 0.1) is 0 Å². The maximum atomic E-state index is 12.1. The molecule has 1 saturated heterocycles. The molecule has 1 aromatic heterocycles. The van der Waals surface area contributed by atoms with Crippen molar-refractivity contribution in [3.05, 3.63) is 23.9 Å². The minimum absolute atomic E-state index is 0.273. The van der Waals surface area contributed by atoms with Crippen molar-refractivity contribution < 1.29 is 4.79 Å². The average molecular weight is 261 g/mol. The number of rotatable bonds is 4. The molecule has 2 heterocycles. The van der Waals surface area contributed by atoms with E-state index in [0.29, 0.717) is 13.0 Å². The molecule has 1 aliphatic heterocycles. The number of nitrogens with one attached hydrogen (secondary N) is 1. The fraction of sp³-hybridized carbons (Fsp3) is 0.600. The summed E-state index contributed by atoms with van der Waals surface area (Å²) in [6.07, 6.45) is 5.24. The van der Waals surface area contributed by atoms with Crippen molar-refractivity contribution in [1.82, 2.24) is 9.88 Å². The first-order valence-electron chi connectivity index (χ1n) is 7.27. The number of carbonyl (C=O) groups excluding carboxylic acids is 1. The van der Waals surface area contributed by atoms with Crippen LogP contribution in [0.3, 0.4) is 0 Å². The molecule has 0 saturated carbocycles. The van der Waals surface area contributed by atoms with Crippen molar-refractivity contribution in [2.75, 3.05) is 18.4 Å². The Balaban J connectivity index is 2.01. The van der Waals surface area contributed by atoms with Crippen LogP contribution >= 0.6 is 0 Å². The zero-order valence-corrected chi connectivity index (χ0v) is 11.7. The van der Waals surface area contributed by atoms with E-state index >= 15 is 0 Å². The minimum Gasteiger partial charge on any atom is -0.370 e. The lowest BCUT2D eigenvalue weighted by molar-refractivity contribution is -0.132. The first-order valence-corrected chi connectivity index (χ1v) is 7.27. The molecule has 0 unspecified atom stereocenters. The third-order valence-corrected chi connectivity index (χ3v) is 3.44. The summed E-state index contributed by atoms with van der Waals surface area (Å²) in [4.78, 5) is 18.6. The van der Waals surface area contributed by atoms with Crippen molar-refractivity contribution >= 4 is 11.7 Å². The van der Waals surface area contributed by atoms with E-state index in [1.54, 1.807) is 0 Å². The van der Waals surface area contributed by atoms with Crippen LogP contribution in [0.25, 0.3) is 0 Å². The highest BCUT2D eigenvalue weighted by molar-refractivity contribution is 5.76. The Morgan fingerprint density at radius 3 is 2.95 bits per heavy atom. The van der Waals surface area contributed by atoms with Gasteiger partial charge in [0.15, 0.2) is 0 Å². The Bertz CT molecular complexity index is 420. The van der Waals surface area contributed by atoms with Crippen LogP contribution in [-0.2, 0) is 11.3 Å². The number of likely N-dealkylation sites (tertiary alicyclic amines) is 1. The van der Waals surface area contributed by atoms with Crippen LogP contribution in [0.5, 0.6) is 0 Å². The molecule has 1 aliphatic rings. The zero-order valence-electron chi connectivity index (χ0n) is 11.7. The standard InChI is InChI=1S/C15H23N3O/c1-2-16-14-9-7-8-13(17-14)12-18-11-6-4-3-5-10-15(18)19/h7-9H,2-6,10-12H2,1H3,(H,16,17). The van der Waals surface area contributed by atoms with E-state index in [1.165, 1.54) is 12.8 Å². The fourth-order valence-corrected chi connectivity index (χ4v) is 2.43. The normalized spacial score (nSPS) is 16.9. The van der Waals surface area contributed by atoms with E-state index < -0.39 is 0 Å². The van der Waals surface area contributed by atoms with E-state index in [2.05, 4.69) is 17.2 Å². The van der Waals surface area contributed by atoms with E-state index in [-0.39, 0.29) is 5.91 Å². The molecule has 1 N–H and O–H groups in total. The van der Waals surface area contributed by atoms with Crippen molar-refractivity contribution in [1.29, 1.82) is 0 Å². The van der Waals surface area contributed by atoms with Gasteiger partial charge in [-0.3, -0.25) is 4.79 Å². The first kappa shape index (κ1) is 13.8. The summed E-state index contributed by atoms with van der Waals surface area (Å²) in [5.74, 6) is 1.16. The van der Waals surface area contributed by atoms with Crippen LogP contribution in [0.2, 0.25) is 0 Å². The van der Waals surface area contributed by atoms with Gasteiger partial charge in [-0.2, -0.15) is 0 Å². The molecule has 0 bridgehead atoms. The quantitative estimate of drug-likeness (QED) is 0.906. The number of nitrogens with zero attached hydrogens (tertiary/aromatic N) is 2. The van der Waals surface area contributed by atoms with Gasteiger partial charge in [0.05, 0.1) is 12.2 Å². The Morgan fingerprint density at radius 2 is 2.11 bits per heavy atom. The largest absolute Gasteiger partial charge is 0.370 e. The number of anilines is 1. The second-order valence-electron chi connectivity index (χ2n) is 5.02. The fourth-order valence-electron chi connectivity index (χ4n) is 2.43. The molecule has 19 heavy (non-hydrogen) atoms. The van der Waals surface area contributed by atoms with E-state index in [4.69, 9.17) is 0 Å².